The number of aliphatic carboxylic acids is 1. The van der Waals surface area contributed by atoms with E-state index < -0.39 is 12.0 Å². The SMILES string of the molecule is CC(CCNC(=O)C(N)C(C)C)CCC(=O)O. The molecule has 0 fully saturated rings. The van der Waals surface area contributed by atoms with Crippen molar-refractivity contribution in [1.29, 1.82) is 0 Å². The highest BCUT2D eigenvalue weighted by Gasteiger charge is 2.16. The summed E-state index contributed by atoms with van der Waals surface area (Å²) in [7, 11) is 0. The van der Waals surface area contributed by atoms with Gasteiger partial charge in [0.15, 0.2) is 0 Å². The maximum atomic E-state index is 11.5. The normalized spacial score (nSPS) is 14.4. The van der Waals surface area contributed by atoms with Crippen LogP contribution in [0.15, 0.2) is 0 Å². The van der Waals surface area contributed by atoms with Gasteiger partial charge in [-0.15, -0.1) is 0 Å². The van der Waals surface area contributed by atoms with Crippen LogP contribution in [0.2, 0.25) is 0 Å². The number of rotatable bonds is 8. The highest BCUT2D eigenvalue weighted by atomic mass is 16.4. The minimum atomic E-state index is -0.775. The van der Waals surface area contributed by atoms with Gasteiger partial charge in [-0.2, -0.15) is 0 Å². The summed E-state index contributed by atoms with van der Waals surface area (Å²) >= 11 is 0. The molecule has 0 rings (SSSR count). The van der Waals surface area contributed by atoms with Crippen molar-refractivity contribution < 1.29 is 14.7 Å². The van der Waals surface area contributed by atoms with E-state index in [0.717, 1.165) is 6.42 Å². The number of carbonyl (C=O) groups excluding carboxylic acids is 1. The van der Waals surface area contributed by atoms with Crippen LogP contribution < -0.4 is 11.1 Å². The van der Waals surface area contributed by atoms with Gasteiger partial charge in [0.05, 0.1) is 6.04 Å². The smallest absolute Gasteiger partial charge is 0.303 e. The van der Waals surface area contributed by atoms with Crippen LogP contribution in [-0.4, -0.2) is 29.6 Å². The average Bonchev–Trinajstić information content (AvgIpc) is 2.24. The first-order valence-electron chi connectivity index (χ1n) is 6.09. The Morgan fingerprint density at radius 3 is 2.29 bits per heavy atom. The molecule has 0 spiro atoms. The summed E-state index contributed by atoms with van der Waals surface area (Å²) in [6, 6.07) is -0.468. The van der Waals surface area contributed by atoms with Gasteiger partial charge in [0.2, 0.25) is 5.91 Å². The van der Waals surface area contributed by atoms with Crippen LogP contribution in [0.1, 0.15) is 40.0 Å². The van der Waals surface area contributed by atoms with Crippen LogP contribution in [-0.2, 0) is 9.59 Å². The molecule has 5 heteroatoms. The lowest BCUT2D eigenvalue weighted by molar-refractivity contribution is -0.137. The molecule has 0 saturated heterocycles. The Morgan fingerprint density at radius 2 is 1.82 bits per heavy atom. The molecule has 100 valence electrons. The van der Waals surface area contributed by atoms with Crippen molar-refractivity contribution in [3.8, 4) is 0 Å². The van der Waals surface area contributed by atoms with E-state index in [1.807, 2.05) is 20.8 Å². The minimum absolute atomic E-state index is 0.124. The lowest BCUT2D eigenvalue weighted by Gasteiger charge is -2.16. The molecule has 17 heavy (non-hydrogen) atoms. The van der Waals surface area contributed by atoms with Crippen LogP contribution in [0.5, 0.6) is 0 Å². The van der Waals surface area contributed by atoms with E-state index >= 15 is 0 Å². The van der Waals surface area contributed by atoms with E-state index in [-0.39, 0.29) is 18.2 Å². The Morgan fingerprint density at radius 1 is 1.24 bits per heavy atom. The summed E-state index contributed by atoms with van der Waals surface area (Å²) in [5, 5.41) is 11.3. The topological polar surface area (TPSA) is 92.4 Å². The van der Waals surface area contributed by atoms with Gasteiger partial charge >= 0.3 is 5.97 Å². The fourth-order valence-corrected chi connectivity index (χ4v) is 1.38. The predicted octanol–water partition coefficient (Wildman–Crippen LogP) is 0.977. The lowest BCUT2D eigenvalue weighted by Crippen LogP contribution is -2.44. The van der Waals surface area contributed by atoms with Gasteiger partial charge < -0.3 is 16.2 Å². The number of hydrogen-bond donors (Lipinski definition) is 3. The average molecular weight is 244 g/mol. The maximum Gasteiger partial charge on any atom is 0.303 e. The Hall–Kier alpha value is -1.10. The van der Waals surface area contributed by atoms with Gasteiger partial charge in [0.25, 0.3) is 0 Å². The number of amides is 1. The van der Waals surface area contributed by atoms with E-state index in [1.54, 1.807) is 0 Å². The van der Waals surface area contributed by atoms with Crippen LogP contribution in [0.3, 0.4) is 0 Å². The number of carboxylic acid groups (broad SMARTS) is 1. The predicted molar refractivity (Wildman–Crippen MR) is 66.5 cm³/mol. The first-order chi connectivity index (χ1) is 7.84. The van der Waals surface area contributed by atoms with E-state index in [1.165, 1.54) is 0 Å². The highest BCUT2D eigenvalue weighted by molar-refractivity contribution is 5.81. The fraction of sp³-hybridized carbons (Fsp3) is 0.833. The molecule has 5 nitrogen and oxygen atoms in total. The number of carbonyl (C=O) groups is 2. The summed E-state index contributed by atoms with van der Waals surface area (Å²) in [6.45, 7) is 6.34. The molecule has 0 heterocycles. The highest BCUT2D eigenvalue weighted by Crippen LogP contribution is 2.09. The first-order valence-corrected chi connectivity index (χ1v) is 6.09. The monoisotopic (exact) mass is 244 g/mol. The third kappa shape index (κ3) is 7.74. The second kappa shape index (κ2) is 8.06. The van der Waals surface area contributed by atoms with E-state index in [2.05, 4.69) is 5.32 Å². The number of nitrogens with two attached hydrogens (primary N) is 1. The van der Waals surface area contributed by atoms with E-state index in [0.29, 0.717) is 18.9 Å². The summed E-state index contributed by atoms with van der Waals surface area (Å²) < 4.78 is 0. The zero-order valence-electron chi connectivity index (χ0n) is 10.9. The number of hydrogen-bond acceptors (Lipinski definition) is 3. The molecular formula is C12H24N2O3. The number of carboxylic acids is 1. The fourth-order valence-electron chi connectivity index (χ4n) is 1.38. The molecule has 2 unspecified atom stereocenters. The molecule has 0 aromatic heterocycles. The summed E-state index contributed by atoms with van der Waals surface area (Å²) in [4.78, 5) is 21.9. The Balaban J connectivity index is 3.69. The molecule has 0 aromatic carbocycles. The van der Waals surface area contributed by atoms with Crippen LogP contribution in [0.25, 0.3) is 0 Å². The van der Waals surface area contributed by atoms with Gasteiger partial charge in [0, 0.05) is 13.0 Å². The molecule has 0 bridgehead atoms. The first kappa shape index (κ1) is 15.9. The van der Waals surface area contributed by atoms with Gasteiger partial charge in [-0.05, 0) is 24.7 Å². The Kier molecular flexibility index (Phi) is 7.54. The van der Waals surface area contributed by atoms with E-state index in [4.69, 9.17) is 10.8 Å². The maximum absolute atomic E-state index is 11.5. The quantitative estimate of drug-likeness (QED) is 0.593. The second-order valence-electron chi connectivity index (χ2n) is 4.89. The molecule has 4 N–H and O–H groups in total. The molecule has 0 saturated carbocycles. The van der Waals surface area contributed by atoms with Crippen molar-refractivity contribution >= 4 is 11.9 Å². The third-order valence-electron chi connectivity index (χ3n) is 2.81. The Bertz CT molecular complexity index is 254. The largest absolute Gasteiger partial charge is 0.481 e. The zero-order chi connectivity index (χ0) is 13.4. The summed E-state index contributed by atoms with van der Waals surface area (Å²) in [6.07, 6.45) is 1.60. The van der Waals surface area contributed by atoms with Crippen molar-refractivity contribution in [1.82, 2.24) is 5.32 Å². The van der Waals surface area contributed by atoms with Crippen molar-refractivity contribution in [3.63, 3.8) is 0 Å². The van der Waals surface area contributed by atoms with Crippen LogP contribution >= 0.6 is 0 Å². The molecule has 0 aliphatic carbocycles. The van der Waals surface area contributed by atoms with Gasteiger partial charge in [-0.25, -0.2) is 0 Å². The third-order valence-corrected chi connectivity index (χ3v) is 2.81. The van der Waals surface area contributed by atoms with Crippen LogP contribution in [0.4, 0.5) is 0 Å². The second-order valence-corrected chi connectivity index (χ2v) is 4.89. The van der Waals surface area contributed by atoms with Crippen molar-refractivity contribution in [2.45, 2.75) is 46.1 Å². The summed E-state index contributed by atoms with van der Waals surface area (Å²) in [5.74, 6) is -0.491. The molecule has 0 radical (unpaired) electrons. The van der Waals surface area contributed by atoms with Crippen molar-refractivity contribution in [3.05, 3.63) is 0 Å². The standard InChI is InChI=1S/C12H24N2O3/c1-8(2)11(13)12(17)14-7-6-9(3)4-5-10(15)16/h8-9,11H,4-7,13H2,1-3H3,(H,14,17)(H,15,16). The van der Waals surface area contributed by atoms with Gasteiger partial charge in [-0.3, -0.25) is 9.59 Å². The molecule has 0 aliphatic heterocycles. The van der Waals surface area contributed by atoms with Gasteiger partial charge in [0.1, 0.15) is 0 Å². The van der Waals surface area contributed by atoms with Crippen molar-refractivity contribution in [2.75, 3.05) is 6.54 Å². The lowest BCUT2D eigenvalue weighted by atomic mass is 10.0. The Labute approximate surface area is 103 Å². The minimum Gasteiger partial charge on any atom is -0.481 e. The molecule has 2 atom stereocenters. The van der Waals surface area contributed by atoms with Crippen molar-refractivity contribution in [2.24, 2.45) is 17.6 Å². The molecule has 0 aromatic rings. The van der Waals surface area contributed by atoms with Crippen LogP contribution in [0, 0.1) is 11.8 Å². The summed E-state index contributed by atoms with van der Waals surface area (Å²) in [5.41, 5.74) is 5.69. The van der Waals surface area contributed by atoms with E-state index in [9.17, 15) is 9.59 Å². The molecule has 1 amide bonds. The molecular weight excluding hydrogens is 220 g/mol. The number of nitrogens with one attached hydrogen (secondary N) is 1. The molecule has 0 aliphatic rings. The zero-order valence-corrected chi connectivity index (χ0v) is 10.9. The van der Waals surface area contributed by atoms with Gasteiger partial charge in [-0.1, -0.05) is 20.8 Å².